The summed E-state index contributed by atoms with van der Waals surface area (Å²) in [6.07, 6.45) is 0.0692. The summed E-state index contributed by atoms with van der Waals surface area (Å²) in [4.78, 5) is 11.1. The number of carboxylic acids is 1. The molecule has 0 aliphatic carbocycles. The fourth-order valence-electron chi connectivity index (χ4n) is 4.04. The van der Waals surface area contributed by atoms with E-state index in [1.165, 1.54) is 6.07 Å². The van der Waals surface area contributed by atoms with Gasteiger partial charge in [0.25, 0.3) is 0 Å². The Bertz CT molecular complexity index is 1180. The summed E-state index contributed by atoms with van der Waals surface area (Å²) in [6, 6.07) is 16.5. The third kappa shape index (κ3) is 5.96. The molecule has 0 bridgehead atoms. The van der Waals surface area contributed by atoms with Crippen LogP contribution >= 0.6 is 0 Å². The van der Waals surface area contributed by atoms with Gasteiger partial charge in [-0.1, -0.05) is 52.0 Å². The molecule has 0 aliphatic heterocycles. The van der Waals surface area contributed by atoms with Gasteiger partial charge >= 0.3 is 5.97 Å². The van der Waals surface area contributed by atoms with Crippen LogP contribution in [0.5, 0.6) is 11.5 Å². The second-order valence-electron chi connectivity index (χ2n) is 9.78. The van der Waals surface area contributed by atoms with E-state index in [0.29, 0.717) is 23.7 Å². The van der Waals surface area contributed by atoms with Crippen LogP contribution in [-0.4, -0.2) is 18.2 Å². The van der Waals surface area contributed by atoms with E-state index in [9.17, 15) is 9.18 Å². The first kappa shape index (κ1) is 25.3. The Balaban J connectivity index is 1.94. The summed E-state index contributed by atoms with van der Waals surface area (Å²) in [5.41, 5.74) is 5.10. The highest BCUT2D eigenvalue weighted by Gasteiger charge is 2.23. The first-order chi connectivity index (χ1) is 16.0. The lowest BCUT2D eigenvalue weighted by Crippen LogP contribution is -2.15. The van der Waals surface area contributed by atoms with E-state index in [4.69, 9.17) is 14.6 Å². The highest BCUT2D eigenvalue weighted by molar-refractivity contribution is 5.72. The predicted molar refractivity (Wildman–Crippen MR) is 133 cm³/mol. The average Bonchev–Trinajstić information content (AvgIpc) is 2.77. The van der Waals surface area contributed by atoms with E-state index < -0.39 is 5.97 Å². The number of halogens is 1. The van der Waals surface area contributed by atoms with Crippen molar-refractivity contribution in [3.05, 3.63) is 82.7 Å². The lowest BCUT2D eigenvalue weighted by Gasteiger charge is -2.26. The summed E-state index contributed by atoms with van der Waals surface area (Å²) in [7, 11) is 1.57. The molecule has 0 heterocycles. The molecule has 34 heavy (non-hydrogen) atoms. The van der Waals surface area contributed by atoms with E-state index in [1.54, 1.807) is 19.2 Å². The van der Waals surface area contributed by atoms with Crippen LogP contribution in [0.3, 0.4) is 0 Å². The van der Waals surface area contributed by atoms with Crippen LogP contribution in [0, 0.1) is 12.7 Å². The summed E-state index contributed by atoms with van der Waals surface area (Å²) in [5, 5.41) is 9.08. The molecule has 1 N–H and O–H groups in total. The molecule has 0 saturated carbocycles. The van der Waals surface area contributed by atoms with Crippen molar-refractivity contribution in [2.75, 3.05) is 7.11 Å². The van der Waals surface area contributed by atoms with Crippen molar-refractivity contribution >= 4 is 5.97 Å². The molecule has 0 amide bonds. The van der Waals surface area contributed by atoms with Gasteiger partial charge < -0.3 is 14.6 Å². The smallest absolute Gasteiger partial charge is 0.303 e. The maximum absolute atomic E-state index is 14.8. The number of rotatable bonds is 8. The molecule has 0 aliphatic rings. The quantitative estimate of drug-likeness (QED) is 0.381. The van der Waals surface area contributed by atoms with E-state index >= 15 is 0 Å². The fourth-order valence-corrected chi connectivity index (χ4v) is 4.04. The minimum absolute atomic E-state index is 0.0692. The number of hydrogen-bond donors (Lipinski definition) is 1. The van der Waals surface area contributed by atoms with Crippen LogP contribution in [0.2, 0.25) is 0 Å². The van der Waals surface area contributed by atoms with Crippen LogP contribution in [0.25, 0.3) is 11.1 Å². The third-order valence-corrected chi connectivity index (χ3v) is 6.05. The normalized spacial score (nSPS) is 12.3. The highest BCUT2D eigenvalue weighted by atomic mass is 19.1. The van der Waals surface area contributed by atoms with Crippen molar-refractivity contribution in [2.24, 2.45) is 0 Å². The van der Waals surface area contributed by atoms with Gasteiger partial charge in [0.05, 0.1) is 13.5 Å². The molecule has 3 aromatic rings. The van der Waals surface area contributed by atoms with Gasteiger partial charge in [0.15, 0.2) is 0 Å². The van der Waals surface area contributed by atoms with Crippen LogP contribution in [0.1, 0.15) is 62.3 Å². The number of carbonyl (C=O) groups is 1. The molecular weight excluding hydrogens is 431 g/mol. The Morgan fingerprint density at radius 2 is 1.76 bits per heavy atom. The van der Waals surface area contributed by atoms with Crippen LogP contribution in [0.4, 0.5) is 4.39 Å². The molecule has 3 rings (SSSR count). The lowest BCUT2D eigenvalue weighted by atomic mass is 9.80. The monoisotopic (exact) mass is 464 g/mol. The van der Waals surface area contributed by atoms with Crippen molar-refractivity contribution in [3.63, 3.8) is 0 Å². The van der Waals surface area contributed by atoms with Crippen molar-refractivity contribution in [3.8, 4) is 22.6 Å². The van der Waals surface area contributed by atoms with Crippen molar-refractivity contribution in [2.45, 2.75) is 59.0 Å². The summed E-state index contributed by atoms with van der Waals surface area (Å²) in [5.74, 6) is 0.0822. The molecule has 0 aromatic heterocycles. The zero-order valence-corrected chi connectivity index (χ0v) is 20.7. The Hall–Kier alpha value is -3.34. The minimum atomic E-state index is -0.822. The standard InChI is InChI=1S/C29H33FO4/c1-18-12-24(25-16-22(33-6)10-11-27(25)30)26(29(3,4)5)15-21(18)17-34-23-9-7-8-20(14-23)19(2)13-28(31)32/h7-12,14-16,19H,13,17H2,1-6H3,(H,31,32)/t19-/m0/s1. The predicted octanol–water partition coefficient (Wildman–Crippen LogP) is 7.26. The SMILES string of the molecule is COc1ccc(F)c(-c2cc(C)c(COc3cccc([C@@H](C)CC(=O)O)c3)cc2C(C)(C)C)c1. The van der Waals surface area contributed by atoms with Gasteiger partial charge in [0, 0.05) is 5.56 Å². The number of hydrogen-bond acceptors (Lipinski definition) is 3. The lowest BCUT2D eigenvalue weighted by molar-refractivity contribution is -0.137. The van der Waals surface area contributed by atoms with Gasteiger partial charge in [-0.15, -0.1) is 0 Å². The summed E-state index contributed by atoms with van der Waals surface area (Å²) in [6.45, 7) is 10.6. The largest absolute Gasteiger partial charge is 0.497 e. The van der Waals surface area contributed by atoms with Gasteiger partial charge in [-0.3, -0.25) is 4.79 Å². The number of aryl methyl sites for hydroxylation is 1. The van der Waals surface area contributed by atoms with Crippen molar-refractivity contribution in [1.29, 1.82) is 0 Å². The number of methoxy groups -OCH3 is 1. The van der Waals surface area contributed by atoms with Gasteiger partial charge in [0.2, 0.25) is 0 Å². The Morgan fingerprint density at radius 1 is 1.03 bits per heavy atom. The summed E-state index contributed by atoms with van der Waals surface area (Å²) < 4.78 is 26.3. The average molecular weight is 465 g/mol. The maximum Gasteiger partial charge on any atom is 0.303 e. The van der Waals surface area contributed by atoms with Crippen LogP contribution in [-0.2, 0) is 16.8 Å². The second-order valence-corrected chi connectivity index (χ2v) is 9.78. The first-order valence-electron chi connectivity index (χ1n) is 11.4. The Morgan fingerprint density at radius 3 is 2.41 bits per heavy atom. The van der Waals surface area contributed by atoms with Crippen LogP contribution < -0.4 is 9.47 Å². The fraction of sp³-hybridized carbons (Fsp3) is 0.345. The second kappa shape index (κ2) is 10.3. The topological polar surface area (TPSA) is 55.8 Å². The number of carboxylic acid groups (broad SMARTS) is 1. The molecule has 0 spiro atoms. The van der Waals surface area contributed by atoms with E-state index in [-0.39, 0.29) is 23.6 Å². The molecule has 0 fully saturated rings. The molecule has 0 unspecified atom stereocenters. The van der Waals surface area contributed by atoms with Gasteiger partial charge in [-0.05, 0) is 76.4 Å². The molecule has 4 nitrogen and oxygen atoms in total. The zero-order valence-electron chi connectivity index (χ0n) is 20.7. The van der Waals surface area contributed by atoms with Gasteiger partial charge in [0.1, 0.15) is 23.9 Å². The van der Waals surface area contributed by atoms with Gasteiger partial charge in [-0.25, -0.2) is 4.39 Å². The maximum atomic E-state index is 14.8. The van der Waals surface area contributed by atoms with Crippen LogP contribution in [0.15, 0.2) is 54.6 Å². The molecular formula is C29H33FO4. The molecule has 0 saturated heterocycles. The molecule has 3 aromatic carbocycles. The molecule has 180 valence electrons. The molecule has 0 radical (unpaired) electrons. The van der Waals surface area contributed by atoms with Gasteiger partial charge in [-0.2, -0.15) is 0 Å². The van der Waals surface area contributed by atoms with E-state index in [0.717, 1.165) is 27.8 Å². The zero-order chi connectivity index (χ0) is 25.0. The number of benzene rings is 3. The third-order valence-electron chi connectivity index (χ3n) is 6.05. The Kier molecular flexibility index (Phi) is 7.65. The number of ether oxygens (including phenoxy) is 2. The minimum Gasteiger partial charge on any atom is -0.497 e. The van der Waals surface area contributed by atoms with Crippen molar-refractivity contribution in [1.82, 2.24) is 0 Å². The Labute approximate surface area is 201 Å². The van der Waals surface area contributed by atoms with Crippen molar-refractivity contribution < 1.29 is 23.8 Å². The molecule has 5 heteroatoms. The van der Waals surface area contributed by atoms with E-state index in [2.05, 4.69) is 26.8 Å². The first-order valence-corrected chi connectivity index (χ1v) is 11.4. The summed E-state index contributed by atoms with van der Waals surface area (Å²) >= 11 is 0. The number of aliphatic carboxylic acids is 1. The highest BCUT2D eigenvalue weighted by Crippen LogP contribution is 2.38. The molecule has 1 atom stereocenters. The van der Waals surface area contributed by atoms with E-state index in [1.807, 2.05) is 44.2 Å².